The van der Waals surface area contributed by atoms with Gasteiger partial charge in [-0.25, -0.2) is 0 Å². The number of hydrogen-bond donors (Lipinski definition) is 1. The molecule has 0 heterocycles. The maximum Gasteiger partial charge on any atom is 0.401 e. The fourth-order valence-electron chi connectivity index (χ4n) is 2.96. The van der Waals surface area contributed by atoms with Crippen LogP contribution >= 0.6 is 0 Å². The van der Waals surface area contributed by atoms with Gasteiger partial charge >= 0.3 is 6.18 Å². The molecule has 0 aromatic carbocycles. The van der Waals surface area contributed by atoms with Gasteiger partial charge < -0.3 is 5.32 Å². The van der Waals surface area contributed by atoms with Crippen LogP contribution in [0.1, 0.15) is 51.4 Å². The highest BCUT2D eigenvalue weighted by atomic mass is 19.4. The van der Waals surface area contributed by atoms with Crippen LogP contribution in [0, 0.1) is 0 Å². The van der Waals surface area contributed by atoms with Crippen molar-refractivity contribution in [2.24, 2.45) is 0 Å². The molecule has 19 heavy (non-hydrogen) atoms. The fraction of sp³-hybridized carbons (Fsp3) is 1.00. The minimum atomic E-state index is -4.06. The molecule has 1 N–H and O–H groups in total. The molecule has 2 rings (SSSR count). The molecule has 0 saturated heterocycles. The van der Waals surface area contributed by atoms with Crippen LogP contribution in [0.15, 0.2) is 0 Å². The van der Waals surface area contributed by atoms with E-state index in [1.165, 1.54) is 32.1 Å². The molecule has 0 bridgehead atoms. The molecule has 2 aliphatic carbocycles. The van der Waals surface area contributed by atoms with Crippen molar-refractivity contribution in [2.75, 3.05) is 19.6 Å². The van der Waals surface area contributed by atoms with E-state index < -0.39 is 12.7 Å². The van der Waals surface area contributed by atoms with Gasteiger partial charge in [0, 0.05) is 12.1 Å². The zero-order valence-corrected chi connectivity index (χ0v) is 11.5. The summed E-state index contributed by atoms with van der Waals surface area (Å²) in [7, 11) is 0. The van der Waals surface area contributed by atoms with Crippen LogP contribution in [0.4, 0.5) is 13.2 Å². The van der Waals surface area contributed by atoms with Gasteiger partial charge in [0.25, 0.3) is 0 Å². The summed E-state index contributed by atoms with van der Waals surface area (Å²) in [4.78, 5) is 1.61. The zero-order chi connectivity index (χ0) is 13.7. The van der Waals surface area contributed by atoms with Crippen molar-refractivity contribution in [1.82, 2.24) is 10.2 Å². The Balaban J connectivity index is 1.59. The molecular formula is C14H25F3N2. The Hall–Kier alpha value is -0.290. The molecule has 0 aliphatic heterocycles. The second-order valence-electron chi connectivity index (χ2n) is 5.96. The fourth-order valence-corrected chi connectivity index (χ4v) is 2.96. The van der Waals surface area contributed by atoms with E-state index in [2.05, 4.69) is 5.32 Å². The van der Waals surface area contributed by atoms with E-state index in [1.54, 1.807) is 4.90 Å². The van der Waals surface area contributed by atoms with Gasteiger partial charge in [0.1, 0.15) is 0 Å². The topological polar surface area (TPSA) is 15.3 Å². The van der Waals surface area contributed by atoms with Crippen LogP contribution in [0.25, 0.3) is 0 Å². The summed E-state index contributed by atoms with van der Waals surface area (Å²) in [6, 6.07) is 0.794. The largest absolute Gasteiger partial charge is 0.401 e. The molecule has 0 spiro atoms. The molecule has 2 aliphatic rings. The molecule has 2 nitrogen and oxygen atoms in total. The molecule has 2 fully saturated rings. The Kier molecular flexibility index (Phi) is 5.51. The van der Waals surface area contributed by atoms with E-state index >= 15 is 0 Å². The summed E-state index contributed by atoms with van der Waals surface area (Å²) in [6.07, 6.45) is 5.02. The highest BCUT2D eigenvalue weighted by Crippen LogP contribution is 2.30. The van der Waals surface area contributed by atoms with Gasteiger partial charge in [-0.05, 0) is 45.2 Å². The zero-order valence-electron chi connectivity index (χ0n) is 11.5. The highest BCUT2D eigenvalue weighted by Gasteiger charge is 2.37. The normalized spacial score (nSPS) is 22.1. The maximum absolute atomic E-state index is 12.4. The van der Waals surface area contributed by atoms with E-state index in [-0.39, 0.29) is 6.04 Å². The lowest BCUT2D eigenvalue weighted by Gasteiger charge is -2.25. The molecule has 5 heteroatoms. The molecule has 2 saturated carbocycles. The first-order valence-corrected chi connectivity index (χ1v) is 7.59. The lowest BCUT2D eigenvalue weighted by molar-refractivity contribution is -0.147. The Morgan fingerprint density at radius 1 is 1.00 bits per heavy atom. The van der Waals surface area contributed by atoms with Crippen LogP contribution < -0.4 is 5.32 Å². The van der Waals surface area contributed by atoms with Gasteiger partial charge in [0.2, 0.25) is 0 Å². The third-order valence-electron chi connectivity index (χ3n) is 4.11. The summed E-state index contributed by atoms with van der Waals surface area (Å²) in [6.45, 7) is 0.691. The molecule has 0 aromatic rings. The average molecular weight is 278 g/mol. The molecule has 112 valence electrons. The Morgan fingerprint density at radius 3 is 2.26 bits per heavy atom. The van der Waals surface area contributed by atoms with Gasteiger partial charge in [0.05, 0.1) is 6.54 Å². The Morgan fingerprint density at radius 2 is 1.68 bits per heavy atom. The van der Waals surface area contributed by atoms with Crippen LogP contribution in [-0.4, -0.2) is 42.8 Å². The van der Waals surface area contributed by atoms with Gasteiger partial charge in [-0.15, -0.1) is 0 Å². The Bertz CT molecular complexity index is 258. The maximum atomic E-state index is 12.4. The van der Waals surface area contributed by atoms with Gasteiger partial charge in [-0.1, -0.05) is 19.3 Å². The molecular weight excluding hydrogens is 253 g/mol. The number of halogens is 3. The monoisotopic (exact) mass is 278 g/mol. The summed E-state index contributed by atoms with van der Waals surface area (Å²) >= 11 is 0. The van der Waals surface area contributed by atoms with E-state index in [0.717, 1.165) is 25.8 Å². The van der Waals surface area contributed by atoms with Crippen LogP contribution in [0.3, 0.4) is 0 Å². The predicted molar refractivity (Wildman–Crippen MR) is 70.1 cm³/mol. The van der Waals surface area contributed by atoms with Crippen LogP contribution in [0.5, 0.6) is 0 Å². The lowest BCUT2D eigenvalue weighted by atomic mass is 9.95. The number of hydrogen-bond acceptors (Lipinski definition) is 2. The van der Waals surface area contributed by atoms with Crippen molar-refractivity contribution >= 4 is 0 Å². The minimum Gasteiger partial charge on any atom is -0.314 e. The molecule has 0 aromatic heterocycles. The first kappa shape index (κ1) is 15.1. The third-order valence-corrected chi connectivity index (χ3v) is 4.11. The Labute approximate surface area is 113 Å². The van der Waals surface area contributed by atoms with Crippen molar-refractivity contribution < 1.29 is 13.2 Å². The van der Waals surface area contributed by atoms with Crippen molar-refractivity contribution in [3.63, 3.8) is 0 Å². The molecule has 0 radical (unpaired) electrons. The highest BCUT2D eigenvalue weighted by molar-refractivity contribution is 4.85. The van der Waals surface area contributed by atoms with Crippen molar-refractivity contribution in [1.29, 1.82) is 0 Å². The quantitative estimate of drug-likeness (QED) is 0.719. The van der Waals surface area contributed by atoms with E-state index in [4.69, 9.17) is 0 Å². The van der Waals surface area contributed by atoms with Gasteiger partial charge in [0.15, 0.2) is 0 Å². The number of nitrogens with one attached hydrogen (secondary N) is 1. The van der Waals surface area contributed by atoms with Gasteiger partial charge in [-0.3, -0.25) is 4.90 Å². The smallest absolute Gasteiger partial charge is 0.314 e. The SMILES string of the molecule is FC(F)(F)CN(CCCNC1CCCCC1)C1CC1. The summed E-state index contributed by atoms with van der Waals surface area (Å²) in [5, 5.41) is 3.49. The standard InChI is InChI=1S/C14H25F3N2/c15-14(16,17)11-19(13-7-8-13)10-4-9-18-12-5-2-1-3-6-12/h12-13,18H,1-11H2. The minimum absolute atomic E-state index is 0.191. The first-order chi connectivity index (χ1) is 9.04. The van der Waals surface area contributed by atoms with Crippen molar-refractivity contribution in [3.05, 3.63) is 0 Å². The molecule has 0 unspecified atom stereocenters. The molecule has 0 atom stereocenters. The molecule has 0 amide bonds. The van der Waals surface area contributed by atoms with Crippen LogP contribution in [0.2, 0.25) is 0 Å². The van der Waals surface area contributed by atoms with E-state index in [9.17, 15) is 13.2 Å². The van der Waals surface area contributed by atoms with E-state index in [0.29, 0.717) is 12.6 Å². The second-order valence-corrected chi connectivity index (χ2v) is 5.96. The first-order valence-electron chi connectivity index (χ1n) is 7.59. The van der Waals surface area contributed by atoms with Gasteiger partial charge in [-0.2, -0.15) is 13.2 Å². The van der Waals surface area contributed by atoms with Crippen molar-refractivity contribution in [2.45, 2.75) is 69.6 Å². The van der Waals surface area contributed by atoms with Crippen molar-refractivity contribution in [3.8, 4) is 0 Å². The summed E-state index contributed by atoms with van der Waals surface area (Å²) < 4.78 is 37.3. The lowest BCUT2D eigenvalue weighted by Crippen LogP contribution is -2.38. The number of rotatable bonds is 7. The van der Waals surface area contributed by atoms with Crippen LogP contribution in [-0.2, 0) is 0 Å². The second kappa shape index (κ2) is 6.93. The average Bonchev–Trinajstić information content (AvgIpc) is 3.17. The summed E-state index contributed by atoms with van der Waals surface area (Å²) in [5.41, 5.74) is 0. The predicted octanol–water partition coefficient (Wildman–Crippen LogP) is 3.33. The van der Waals surface area contributed by atoms with E-state index in [1.807, 2.05) is 0 Å². The summed E-state index contributed by atoms with van der Waals surface area (Å²) in [5.74, 6) is 0. The number of alkyl halides is 3. The number of nitrogens with zero attached hydrogens (tertiary/aromatic N) is 1. The third kappa shape index (κ3) is 6.13.